The molecule has 1 fully saturated rings. The summed E-state index contributed by atoms with van der Waals surface area (Å²) in [6, 6.07) is 10.1. The topological polar surface area (TPSA) is 84.9 Å². The monoisotopic (exact) mass is 398 g/mol. The molecule has 1 aliphatic heterocycles. The lowest BCUT2D eigenvalue weighted by Crippen LogP contribution is -2.52. The van der Waals surface area contributed by atoms with Crippen LogP contribution in [0.1, 0.15) is 18.1 Å². The van der Waals surface area contributed by atoms with Crippen LogP contribution >= 0.6 is 0 Å². The van der Waals surface area contributed by atoms with Gasteiger partial charge in [0, 0.05) is 7.05 Å². The molecule has 0 atom stereocenters. The van der Waals surface area contributed by atoms with Crippen molar-refractivity contribution in [3.63, 3.8) is 0 Å². The number of rotatable bonds is 6. The average molecular weight is 398 g/mol. The van der Waals surface area contributed by atoms with Crippen molar-refractivity contribution >= 4 is 23.9 Å². The molecule has 0 unspecified atom stereocenters. The molecular weight excluding hydrogens is 379 g/mol. The summed E-state index contributed by atoms with van der Waals surface area (Å²) in [5, 5.41) is 2.10. The third-order valence-electron chi connectivity index (χ3n) is 4.19. The molecule has 1 heterocycles. The van der Waals surface area contributed by atoms with E-state index in [0.717, 1.165) is 10.5 Å². The highest BCUT2D eigenvalue weighted by atomic mass is 19.1. The number of hydrogen-bond donors (Lipinski definition) is 1. The molecule has 0 radical (unpaired) electrons. The van der Waals surface area contributed by atoms with Crippen molar-refractivity contribution in [1.29, 1.82) is 0 Å². The average Bonchev–Trinajstić information content (AvgIpc) is 2.70. The fourth-order valence-corrected chi connectivity index (χ4v) is 2.66. The summed E-state index contributed by atoms with van der Waals surface area (Å²) in [5.41, 5.74) is 1.16. The minimum absolute atomic E-state index is 0.158. The number of ether oxygens (including phenoxy) is 2. The zero-order valence-corrected chi connectivity index (χ0v) is 15.9. The molecule has 1 saturated heterocycles. The number of amides is 4. The Morgan fingerprint density at radius 1 is 1.03 bits per heavy atom. The van der Waals surface area contributed by atoms with Crippen molar-refractivity contribution in [1.82, 2.24) is 10.2 Å². The van der Waals surface area contributed by atoms with Gasteiger partial charge >= 0.3 is 6.03 Å². The Bertz CT molecular complexity index is 985. The lowest BCUT2D eigenvalue weighted by atomic mass is 10.1. The van der Waals surface area contributed by atoms with E-state index in [0.29, 0.717) is 23.7 Å². The van der Waals surface area contributed by atoms with Crippen molar-refractivity contribution in [2.24, 2.45) is 0 Å². The highest BCUT2D eigenvalue weighted by Crippen LogP contribution is 2.30. The normalized spacial score (nSPS) is 15.5. The van der Waals surface area contributed by atoms with Crippen LogP contribution in [0.3, 0.4) is 0 Å². The molecule has 3 rings (SSSR count). The first-order chi connectivity index (χ1) is 13.9. The van der Waals surface area contributed by atoms with E-state index < -0.39 is 17.8 Å². The van der Waals surface area contributed by atoms with Gasteiger partial charge < -0.3 is 9.47 Å². The number of carbonyl (C=O) groups excluding carboxylic acids is 3. The van der Waals surface area contributed by atoms with Crippen LogP contribution in [0.25, 0.3) is 6.08 Å². The number of hydrogen-bond acceptors (Lipinski definition) is 5. The van der Waals surface area contributed by atoms with E-state index in [1.54, 1.807) is 30.3 Å². The Kier molecular flexibility index (Phi) is 5.92. The van der Waals surface area contributed by atoms with Gasteiger partial charge in [0.15, 0.2) is 11.5 Å². The molecule has 0 aliphatic carbocycles. The molecular formula is C21H19FN2O5. The second kappa shape index (κ2) is 8.55. The molecule has 7 nitrogen and oxygen atoms in total. The molecule has 2 aromatic carbocycles. The number of carbonyl (C=O) groups is 3. The molecule has 150 valence electrons. The molecule has 0 spiro atoms. The number of imide groups is 2. The van der Waals surface area contributed by atoms with E-state index in [4.69, 9.17) is 9.47 Å². The van der Waals surface area contributed by atoms with Crippen molar-refractivity contribution in [3.8, 4) is 11.5 Å². The molecule has 29 heavy (non-hydrogen) atoms. The van der Waals surface area contributed by atoms with Gasteiger partial charge in [0.25, 0.3) is 11.8 Å². The molecule has 0 saturated carbocycles. The molecule has 0 bridgehead atoms. The predicted molar refractivity (Wildman–Crippen MR) is 103 cm³/mol. The number of benzene rings is 2. The SMILES string of the molecule is CCOc1cc(/C=C2\C(=O)NC(=O)N(C)C2=O)ccc1OCc1ccc(F)cc1. The van der Waals surface area contributed by atoms with Crippen LogP contribution in [0, 0.1) is 5.82 Å². The number of barbiturate groups is 1. The minimum Gasteiger partial charge on any atom is -0.490 e. The largest absolute Gasteiger partial charge is 0.490 e. The number of likely N-dealkylation sites (N-methyl/N-ethyl adjacent to an activating group) is 1. The summed E-state index contributed by atoms with van der Waals surface area (Å²) in [5.74, 6) is -0.877. The number of nitrogens with one attached hydrogen (secondary N) is 1. The first kappa shape index (κ1) is 20.1. The van der Waals surface area contributed by atoms with E-state index in [9.17, 15) is 18.8 Å². The standard InChI is InChI=1S/C21H19FN2O5/c1-3-28-18-11-14(10-16-19(25)23-21(27)24(2)20(16)26)6-9-17(18)29-12-13-4-7-15(22)8-5-13/h4-11H,3,12H2,1-2H3,(H,23,25,27)/b16-10+. The van der Waals surface area contributed by atoms with Crippen LogP contribution in [0.15, 0.2) is 48.0 Å². The number of urea groups is 1. The smallest absolute Gasteiger partial charge is 0.331 e. The van der Waals surface area contributed by atoms with Gasteiger partial charge in [-0.2, -0.15) is 0 Å². The van der Waals surface area contributed by atoms with Gasteiger partial charge in [0.05, 0.1) is 6.61 Å². The van der Waals surface area contributed by atoms with Gasteiger partial charge in [-0.1, -0.05) is 18.2 Å². The summed E-state index contributed by atoms with van der Waals surface area (Å²) in [6.07, 6.45) is 1.38. The van der Waals surface area contributed by atoms with Crippen molar-refractivity contribution in [3.05, 3.63) is 65.0 Å². The van der Waals surface area contributed by atoms with Gasteiger partial charge in [-0.15, -0.1) is 0 Å². The van der Waals surface area contributed by atoms with E-state index in [1.807, 2.05) is 6.92 Å². The molecule has 2 aromatic rings. The van der Waals surface area contributed by atoms with Crippen molar-refractivity contribution in [2.75, 3.05) is 13.7 Å². The fraction of sp³-hybridized carbons (Fsp3) is 0.190. The minimum atomic E-state index is -0.767. The zero-order valence-electron chi connectivity index (χ0n) is 15.9. The maximum Gasteiger partial charge on any atom is 0.331 e. The highest BCUT2D eigenvalue weighted by molar-refractivity contribution is 6.30. The Morgan fingerprint density at radius 3 is 2.45 bits per heavy atom. The Hall–Kier alpha value is -3.68. The molecule has 1 aliphatic rings. The summed E-state index contributed by atoms with van der Waals surface area (Å²) in [7, 11) is 1.29. The van der Waals surface area contributed by atoms with Crippen LogP contribution in [0.5, 0.6) is 11.5 Å². The van der Waals surface area contributed by atoms with Gasteiger partial charge in [-0.05, 0) is 48.4 Å². The third kappa shape index (κ3) is 4.60. The summed E-state index contributed by atoms with van der Waals surface area (Å²) >= 11 is 0. The lowest BCUT2D eigenvalue weighted by Gasteiger charge is -2.22. The zero-order chi connectivity index (χ0) is 21.0. The Labute approximate surface area is 166 Å². The van der Waals surface area contributed by atoms with Gasteiger partial charge in [0.1, 0.15) is 18.0 Å². The lowest BCUT2D eigenvalue weighted by molar-refractivity contribution is -0.129. The summed E-state index contributed by atoms with van der Waals surface area (Å²) < 4.78 is 24.4. The predicted octanol–water partition coefficient (Wildman–Crippen LogP) is 2.90. The van der Waals surface area contributed by atoms with E-state index in [1.165, 1.54) is 25.3 Å². The van der Waals surface area contributed by atoms with Gasteiger partial charge in [-0.25, -0.2) is 9.18 Å². The Balaban J connectivity index is 1.83. The maximum atomic E-state index is 13.0. The molecule has 8 heteroatoms. The van der Waals surface area contributed by atoms with Crippen LogP contribution in [0.4, 0.5) is 9.18 Å². The maximum absolute atomic E-state index is 13.0. The van der Waals surface area contributed by atoms with Crippen LogP contribution in [-0.2, 0) is 16.2 Å². The van der Waals surface area contributed by atoms with Crippen LogP contribution < -0.4 is 14.8 Å². The number of nitrogens with zero attached hydrogens (tertiary/aromatic N) is 1. The van der Waals surface area contributed by atoms with E-state index >= 15 is 0 Å². The van der Waals surface area contributed by atoms with Crippen LogP contribution in [-0.4, -0.2) is 36.4 Å². The van der Waals surface area contributed by atoms with Gasteiger partial charge in [-0.3, -0.25) is 19.8 Å². The Morgan fingerprint density at radius 2 is 1.76 bits per heavy atom. The van der Waals surface area contributed by atoms with Crippen LogP contribution in [0.2, 0.25) is 0 Å². The quantitative estimate of drug-likeness (QED) is 0.597. The van der Waals surface area contributed by atoms with Gasteiger partial charge in [0.2, 0.25) is 0 Å². The van der Waals surface area contributed by atoms with E-state index in [2.05, 4.69) is 5.32 Å². The number of halogens is 1. The van der Waals surface area contributed by atoms with Crippen molar-refractivity contribution < 1.29 is 28.2 Å². The second-order valence-electron chi connectivity index (χ2n) is 6.24. The fourth-order valence-electron chi connectivity index (χ4n) is 2.66. The summed E-state index contributed by atoms with van der Waals surface area (Å²) in [6.45, 7) is 2.41. The first-order valence-electron chi connectivity index (χ1n) is 8.88. The second-order valence-corrected chi connectivity index (χ2v) is 6.24. The third-order valence-corrected chi connectivity index (χ3v) is 4.19. The summed E-state index contributed by atoms with van der Waals surface area (Å²) in [4.78, 5) is 36.5. The van der Waals surface area contributed by atoms with Crippen molar-refractivity contribution in [2.45, 2.75) is 13.5 Å². The van der Waals surface area contributed by atoms with E-state index in [-0.39, 0.29) is 18.0 Å². The molecule has 4 amide bonds. The first-order valence-corrected chi connectivity index (χ1v) is 8.88. The molecule has 1 N–H and O–H groups in total. The molecule has 0 aromatic heterocycles. The highest BCUT2D eigenvalue weighted by Gasteiger charge is 2.33.